The molecule has 3 aromatic rings. The number of ether oxygens (including phenoxy) is 1. The fourth-order valence-electron chi connectivity index (χ4n) is 4.62. The predicted octanol–water partition coefficient (Wildman–Crippen LogP) is 4.87. The van der Waals surface area contributed by atoms with Crippen LogP contribution in [0, 0.1) is 24.6 Å². The molecule has 2 aliphatic rings. The topological polar surface area (TPSA) is 81.0 Å². The molecule has 2 unspecified atom stereocenters. The van der Waals surface area contributed by atoms with E-state index in [1.807, 2.05) is 13.0 Å². The third-order valence-electron chi connectivity index (χ3n) is 6.13. The van der Waals surface area contributed by atoms with Crippen molar-refractivity contribution in [3.05, 3.63) is 47.1 Å². The maximum atomic E-state index is 13.7. The van der Waals surface area contributed by atoms with Gasteiger partial charge in [0.15, 0.2) is 0 Å². The van der Waals surface area contributed by atoms with Gasteiger partial charge in [-0.25, -0.2) is 19.0 Å². The molecule has 174 valence electrons. The van der Waals surface area contributed by atoms with E-state index in [4.69, 9.17) is 25.9 Å². The highest BCUT2D eigenvalue weighted by Gasteiger charge is 2.43. The van der Waals surface area contributed by atoms with Crippen LogP contribution in [0.1, 0.15) is 47.9 Å². The van der Waals surface area contributed by atoms with E-state index >= 15 is 0 Å². The Morgan fingerprint density at radius 1 is 1.24 bits per heavy atom. The average Bonchev–Trinajstić information content (AvgIpc) is 3.34. The maximum Gasteiger partial charge on any atom is 0.322 e. The average molecular weight is 479 g/mol. The van der Waals surface area contributed by atoms with Gasteiger partial charge in [-0.2, -0.15) is 4.98 Å². The molecule has 0 amide bonds. The first-order valence-corrected chi connectivity index (χ1v) is 11.0. The lowest BCUT2D eigenvalue weighted by molar-refractivity contribution is 0.373. The molecule has 1 saturated carbocycles. The summed E-state index contributed by atoms with van der Waals surface area (Å²) >= 11 is 5.85. The standard InChI is InChI=1S/C23H27ClFN7O/c1-13(2)32-23(33-17-6-7-19(25)18(24)9-17)29-22(30-32)28-21-15-4-5-16(21)11-31(10-15)20-8-14(3)26-12-27-20/h6-9,12-13,15-16,21H,4-5,10-11H2,1-3H3,(H,28,30)/i1D3,2D3,13D. The Bertz CT molecular complexity index is 1370. The molecule has 33 heavy (non-hydrogen) atoms. The number of rotatable bonds is 6. The molecule has 0 spiro atoms. The number of hydrogen-bond donors (Lipinski definition) is 1. The Morgan fingerprint density at radius 2 is 2.03 bits per heavy atom. The SMILES string of the molecule is [2H]C([2H])([2H])C([2H])(n1nc(NC2C3CCC2CN(c2cc(C)ncn2)C3)nc1Oc1ccc(F)c(Cl)c1)C([2H])([2H])[2H]. The van der Waals surface area contributed by atoms with E-state index in [0.717, 1.165) is 36.5 Å². The van der Waals surface area contributed by atoms with Crippen molar-refractivity contribution < 1.29 is 18.7 Å². The van der Waals surface area contributed by atoms with E-state index in [2.05, 4.69) is 30.3 Å². The van der Waals surface area contributed by atoms with Crippen LogP contribution in [0.15, 0.2) is 30.6 Å². The minimum absolute atomic E-state index is 0.0430. The van der Waals surface area contributed by atoms with Gasteiger partial charge in [-0.05, 0) is 57.4 Å². The number of aromatic nitrogens is 5. The monoisotopic (exact) mass is 478 g/mol. The van der Waals surface area contributed by atoms with E-state index in [0.29, 0.717) is 17.8 Å². The normalized spacial score (nSPS) is 26.3. The highest BCUT2D eigenvalue weighted by atomic mass is 35.5. The summed E-state index contributed by atoms with van der Waals surface area (Å²) in [6.45, 7) is -3.38. The van der Waals surface area contributed by atoms with Gasteiger partial charge in [-0.3, -0.25) is 0 Å². The Labute approximate surface area is 207 Å². The van der Waals surface area contributed by atoms with Crippen LogP contribution in [0.4, 0.5) is 16.2 Å². The number of aryl methyl sites for hydroxylation is 1. The summed E-state index contributed by atoms with van der Waals surface area (Å²) in [5, 5.41) is 7.13. The van der Waals surface area contributed by atoms with Crippen LogP contribution < -0.4 is 15.0 Å². The first-order valence-electron chi connectivity index (χ1n) is 14.1. The van der Waals surface area contributed by atoms with Gasteiger partial charge < -0.3 is 15.0 Å². The molecule has 0 radical (unpaired) electrons. The second kappa shape index (κ2) is 8.78. The Morgan fingerprint density at radius 3 is 2.73 bits per heavy atom. The fourth-order valence-corrected chi connectivity index (χ4v) is 4.79. The molecule has 1 N–H and O–H groups in total. The number of halogens is 2. The molecular formula is C23H27ClFN7O. The van der Waals surface area contributed by atoms with Crippen molar-refractivity contribution in [1.29, 1.82) is 0 Å². The smallest absolute Gasteiger partial charge is 0.322 e. The van der Waals surface area contributed by atoms with Crippen molar-refractivity contribution >= 4 is 23.4 Å². The first kappa shape index (κ1) is 15.1. The van der Waals surface area contributed by atoms with Gasteiger partial charge in [-0.1, -0.05) is 11.6 Å². The zero-order valence-electron chi connectivity index (χ0n) is 24.8. The fraction of sp³-hybridized carbons (Fsp3) is 0.478. The highest BCUT2D eigenvalue weighted by Crippen LogP contribution is 2.40. The van der Waals surface area contributed by atoms with Crippen LogP contribution in [-0.2, 0) is 0 Å². The molecule has 1 aromatic carbocycles. The third kappa shape index (κ3) is 4.46. The molecule has 2 fully saturated rings. The van der Waals surface area contributed by atoms with Crippen LogP contribution in [0.5, 0.6) is 11.8 Å². The van der Waals surface area contributed by atoms with E-state index in [1.54, 1.807) is 0 Å². The third-order valence-corrected chi connectivity index (χ3v) is 6.42. The zero-order valence-corrected chi connectivity index (χ0v) is 18.6. The van der Waals surface area contributed by atoms with Crippen molar-refractivity contribution in [3.63, 3.8) is 0 Å². The summed E-state index contributed by atoms with van der Waals surface area (Å²) in [6, 6.07) is 1.42. The maximum absolute atomic E-state index is 13.7. The van der Waals surface area contributed by atoms with Crippen molar-refractivity contribution in [2.24, 2.45) is 11.8 Å². The Hall–Kier alpha value is -2.94. The van der Waals surface area contributed by atoms with Crippen LogP contribution in [0.2, 0.25) is 5.02 Å². The molecule has 1 aliphatic heterocycles. The molecule has 5 rings (SSSR count). The highest BCUT2D eigenvalue weighted by molar-refractivity contribution is 6.30. The number of nitrogens with zero attached hydrogens (tertiary/aromatic N) is 6. The lowest BCUT2D eigenvalue weighted by atomic mass is 9.92. The summed E-state index contributed by atoms with van der Waals surface area (Å²) in [4.78, 5) is 15.0. The molecule has 10 heteroatoms. The molecule has 1 aliphatic carbocycles. The second-order valence-corrected chi connectivity index (χ2v) is 8.75. The second-order valence-electron chi connectivity index (χ2n) is 8.35. The summed E-state index contributed by atoms with van der Waals surface area (Å²) < 4.78 is 75.9. The predicted molar refractivity (Wildman–Crippen MR) is 124 cm³/mol. The van der Waals surface area contributed by atoms with Crippen LogP contribution in [-0.4, -0.2) is 43.9 Å². The van der Waals surface area contributed by atoms with Crippen LogP contribution in [0.3, 0.4) is 0 Å². The number of fused-ring (bicyclic) bond motifs is 2. The summed E-state index contributed by atoms with van der Waals surface area (Å²) in [5.74, 6) is 0.351. The quantitative estimate of drug-likeness (QED) is 0.541. The number of nitrogens with one attached hydrogen (secondary N) is 1. The Kier molecular flexibility index (Phi) is 4.00. The van der Waals surface area contributed by atoms with Crippen molar-refractivity contribution in [2.45, 2.75) is 45.5 Å². The first-order chi connectivity index (χ1) is 18.7. The van der Waals surface area contributed by atoms with Crippen LogP contribution in [0.25, 0.3) is 0 Å². The minimum Gasteiger partial charge on any atom is -0.424 e. The van der Waals surface area contributed by atoms with Gasteiger partial charge in [0.2, 0.25) is 5.95 Å². The molecule has 2 atom stereocenters. The van der Waals surface area contributed by atoms with E-state index in [9.17, 15) is 4.39 Å². The van der Waals surface area contributed by atoms with Crippen molar-refractivity contribution in [3.8, 4) is 11.8 Å². The lowest BCUT2D eigenvalue weighted by Crippen LogP contribution is -2.48. The van der Waals surface area contributed by atoms with Crippen molar-refractivity contribution in [1.82, 2.24) is 24.7 Å². The van der Waals surface area contributed by atoms with Gasteiger partial charge in [-0.15, -0.1) is 5.10 Å². The largest absolute Gasteiger partial charge is 0.424 e. The zero-order chi connectivity index (χ0) is 29.0. The lowest BCUT2D eigenvalue weighted by Gasteiger charge is -2.38. The van der Waals surface area contributed by atoms with E-state index < -0.39 is 31.5 Å². The summed E-state index contributed by atoms with van der Waals surface area (Å²) in [7, 11) is 0. The van der Waals surface area contributed by atoms with Gasteiger partial charge in [0, 0.05) is 45.2 Å². The number of anilines is 2. The molecule has 2 aromatic heterocycles. The molecule has 1 saturated heterocycles. The van der Waals surface area contributed by atoms with Gasteiger partial charge in [0.05, 0.1) is 12.4 Å². The van der Waals surface area contributed by atoms with E-state index in [1.165, 1.54) is 12.4 Å². The minimum atomic E-state index is -3.35. The number of benzene rings is 1. The molecule has 3 heterocycles. The summed E-state index contributed by atoms with van der Waals surface area (Å²) in [6.07, 6.45) is 3.38. The molecular weight excluding hydrogens is 445 g/mol. The Balaban J connectivity index is 1.47. The van der Waals surface area contributed by atoms with Gasteiger partial charge in [0.25, 0.3) is 0 Å². The number of hydrogen-bond acceptors (Lipinski definition) is 7. The number of piperidine rings is 1. The molecule has 2 bridgehead atoms. The summed E-state index contributed by atoms with van der Waals surface area (Å²) in [5.41, 5.74) is 0.865. The van der Waals surface area contributed by atoms with Crippen LogP contribution >= 0.6 is 11.6 Å². The molecule has 8 nitrogen and oxygen atoms in total. The van der Waals surface area contributed by atoms with E-state index in [-0.39, 0.29) is 34.6 Å². The van der Waals surface area contributed by atoms with Crippen molar-refractivity contribution in [2.75, 3.05) is 23.3 Å². The van der Waals surface area contributed by atoms with Gasteiger partial charge >= 0.3 is 6.01 Å². The van der Waals surface area contributed by atoms with Gasteiger partial charge in [0.1, 0.15) is 23.7 Å².